The first-order valence-corrected chi connectivity index (χ1v) is 12.3. The van der Waals surface area contributed by atoms with Crippen LogP contribution in [0.3, 0.4) is 0 Å². The number of carbonyl (C=O) groups excluding carboxylic acids is 1. The number of alkyl halides is 3. The van der Waals surface area contributed by atoms with Gasteiger partial charge in [-0.15, -0.1) is 13.2 Å². The first kappa shape index (κ1) is 26.6. The summed E-state index contributed by atoms with van der Waals surface area (Å²) < 4.78 is 42.0. The van der Waals surface area contributed by atoms with Crippen LogP contribution in [0.4, 0.5) is 31.0 Å². The number of H-pyrrole nitrogens is 1. The number of nitrogens with zero attached hydrogens (tertiary/aromatic N) is 5. The van der Waals surface area contributed by atoms with Crippen LogP contribution < -0.4 is 25.3 Å². The number of likely N-dealkylation sites (N-methyl/N-ethyl adjacent to an activating group) is 1. The summed E-state index contributed by atoms with van der Waals surface area (Å²) in [7, 11) is 3.87. The van der Waals surface area contributed by atoms with Gasteiger partial charge in [0.05, 0.1) is 13.1 Å². The molecule has 1 amide bonds. The molecule has 1 aromatic carbocycles. The van der Waals surface area contributed by atoms with E-state index in [1.807, 2.05) is 0 Å². The van der Waals surface area contributed by atoms with Gasteiger partial charge in [-0.2, -0.15) is 0 Å². The Labute approximate surface area is 213 Å². The molecule has 0 bridgehead atoms. The van der Waals surface area contributed by atoms with Crippen molar-refractivity contribution in [1.82, 2.24) is 20.2 Å². The third kappa shape index (κ3) is 7.51. The van der Waals surface area contributed by atoms with Gasteiger partial charge in [-0.3, -0.25) is 9.69 Å². The zero-order valence-electron chi connectivity index (χ0n) is 20.9. The number of halogens is 3. The summed E-state index contributed by atoms with van der Waals surface area (Å²) in [5.41, 5.74) is 1.19. The van der Waals surface area contributed by atoms with Gasteiger partial charge in [0.25, 0.3) is 0 Å². The number of para-hydroxylation sites is 1. The van der Waals surface area contributed by atoms with Crippen LogP contribution in [0.1, 0.15) is 31.2 Å². The van der Waals surface area contributed by atoms with Crippen molar-refractivity contribution in [3.8, 4) is 5.75 Å². The van der Waals surface area contributed by atoms with Crippen LogP contribution in [0, 0.1) is 5.92 Å². The molecular formula is C24H32F3N8O2+. The number of amides is 1. The van der Waals surface area contributed by atoms with Crippen LogP contribution in [0.25, 0.3) is 0 Å². The van der Waals surface area contributed by atoms with Crippen molar-refractivity contribution in [1.29, 1.82) is 0 Å². The molecule has 0 atom stereocenters. The van der Waals surface area contributed by atoms with Gasteiger partial charge in [-0.1, -0.05) is 28.2 Å². The topological polar surface area (TPSA) is 109 Å². The minimum Gasteiger partial charge on any atom is -0.405 e. The Morgan fingerprint density at radius 2 is 1.86 bits per heavy atom. The number of hydrogen-bond donors (Lipinski definition) is 2. The molecule has 3 N–H and O–H groups in total. The molecule has 1 aliphatic carbocycles. The van der Waals surface area contributed by atoms with Crippen LogP contribution in [-0.2, 0) is 11.3 Å². The Kier molecular flexibility index (Phi) is 8.41. The molecule has 13 heteroatoms. The number of piperazine rings is 1. The molecule has 200 valence electrons. The van der Waals surface area contributed by atoms with Crippen molar-refractivity contribution in [3.63, 3.8) is 0 Å². The van der Waals surface area contributed by atoms with Crippen LogP contribution in [0.15, 0.2) is 29.3 Å². The zero-order valence-corrected chi connectivity index (χ0v) is 20.9. The Bertz CT molecular complexity index is 1110. The van der Waals surface area contributed by atoms with Crippen molar-refractivity contribution < 1.29 is 27.7 Å². The van der Waals surface area contributed by atoms with E-state index in [4.69, 9.17) is 0 Å². The van der Waals surface area contributed by atoms with Crippen molar-refractivity contribution in [2.75, 3.05) is 50.5 Å². The highest BCUT2D eigenvalue weighted by molar-refractivity contribution is 5.89. The molecule has 2 aliphatic rings. The number of aromatic nitrogens is 3. The third-order valence-corrected chi connectivity index (χ3v) is 6.53. The van der Waals surface area contributed by atoms with E-state index in [-0.39, 0.29) is 29.7 Å². The molecule has 10 nitrogen and oxygen atoms in total. The first-order valence-electron chi connectivity index (χ1n) is 12.3. The Morgan fingerprint density at radius 3 is 2.54 bits per heavy atom. The van der Waals surface area contributed by atoms with Gasteiger partial charge in [0.15, 0.2) is 0 Å². The van der Waals surface area contributed by atoms with Gasteiger partial charge in [0.2, 0.25) is 5.91 Å². The van der Waals surface area contributed by atoms with Gasteiger partial charge in [0, 0.05) is 43.9 Å². The predicted molar refractivity (Wildman–Crippen MR) is 132 cm³/mol. The Hall–Kier alpha value is -3.48. The molecule has 37 heavy (non-hydrogen) atoms. The van der Waals surface area contributed by atoms with Gasteiger partial charge < -0.3 is 20.3 Å². The van der Waals surface area contributed by atoms with E-state index in [0.717, 1.165) is 37.8 Å². The Balaban J connectivity index is 1.34. The van der Waals surface area contributed by atoms with Crippen LogP contribution in [0.2, 0.25) is 0 Å². The quantitative estimate of drug-likeness (QED) is 0.577. The largest absolute Gasteiger partial charge is 0.573 e. The minimum atomic E-state index is -4.79. The molecule has 1 saturated heterocycles. The molecule has 2 fully saturated rings. The van der Waals surface area contributed by atoms with Gasteiger partial charge in [-0.25, -0.2) is 9.98 Å². The molecule has 4 rings (SSSR count). The number of ether oxygens (including phenoxy) is 1. The van der Waals surface area contributed by atoms with E-state index in [9.17, 15) is 18.0 Å². The number of aromatic amines is 1. The van der Waals surface area contributed by atoms with Crippen LogP contribution in [-0.4, -0.2) is 73.1 Å². The lowest BCUT2D eigenvalue weighted by Crippen LogP contribution is -2.47. The predicted octanol–water partition coefficient (Wildman–Crippen LogP) is 2.56. The second-order valence-electron chi connectivity index (χ2n) is 9.19. The highest BCUT2D eigenvalue weighted by atomic mass is 19.4. The van der Waals surface area contributed by atoms with Crippen molar-refractivity contribution in [2.45, 2.75) is 38.6 Å². The smallest absolute Gasteiger partial charge is 0.405 e. The molecule has 0 radical (unpaired) electrons. The number of benzene rings is 1. The number of carbonyl (C=O) groups is 1. The molecule has 1 saturated carbocycles. The molecule has 2 heterocycles. The maximum absolute atomic E-state index is 12.7. The van der Waals surface area contributed by atoms with Gasteiger partial charge in [-0.05, 0) is 38.8 Å². The molecule has 1 aliphatic heterocycles. The van der Waals surface area contributed by atoms with Crippen molar-refractivity contribution in [3.05, 3.63) is 29.8 Å². The minimum absolute atomic E-state index is 0.0429. The molecular weight excluding hydrogens is 489 g/mol. The third-order valence-electron chi connectivity index (χ3n) is 6.53. The summed E-state index contributed by atoms with van der Waals surface area (Å²) in [4.78, 5) is 34.1. The summed E-state index contributed by atoms with van der Waals surface area (Å²) >= 11 is 0. The highest BCUT2D eigenvalue weighted by Gasteiger charge is 2.32. The normalized spacial score (nSPS) is 18.9. The molecule has 0 spiro atoms. The molecule has 2 aromatic rings. The highest BCUT2D eigenvalue weighted by Crippen LogP contribution is 2.27. The van der Waals surface area contributed by atoms with Crippen molar-refractivity contribution >= 4 is 29.5 Å². The summed E-state index contributed by atoms with van der Waals surface area (Å²) in [5, 5.41) is 5.77. The second-order valence-corrected chi connectivity index (χ2v) is 9.19. The number of aliphatic imine (C=N–C) groups is 1. The maximum Gasteiger partial charge on any atom is 0.573 e. The number of anilines is 2. The van der Waals surface area contributed by atoms with E-state index in [0.29, 0.717) is 37.6 Å². The lowest BCUT2D eigenvalue weighted by molar-refractivity contribution is -0.355. The van der Waals surface area contributed by atoms with E-state index in [1.54, 1.807) is 13.1 Å². The maximum atomic E-state index is 12.7. The fraction of sp³-hybridized carbons (Fsp3) is 0.542. The first-order chi connectivity index (χ1) is 17.7. The standard InChI is InChI=1S/C24H31F3N8O2/c1-28-21-31-22(33-23(32-21)35-13-11-34(2)12-14-35)30-18-9-7-16(8-10-18)20(36)29-15-17-5-3-4-6-19(17)37-24(25,26)27/h3-6,16H,7-15H2,1-2H3,(H,29,36)(H,28,31,32,33)/p+1. The summed E-state index contributed by atoms with van der Waals surface area (Å²) in [6, 6.07) is 5.79. The summed E-state index contributed by atoms with van der Waals surface area (Å²) in [5.74, 6) is 0.914. The number of nitrogens with one attached hydrogen (secondary N) is 3. The second kappa shape index (κ2) is 11.7. The van der Waals surface area contributed by atoms with Gasteiger partial charge in [0.1, 0.15) is 5.75 Å². The zero-order chi connectivity index (χ0) is 26.4. The lowest BCUT2D eigenvalue weighted by Gasteiger charge is -2.29. The van der Waals surface area contributed by atoms with E-state index >= 15 is 0 Å². The Morgan fingerprint density at radius 1 is 1.16 bits per heavy atom. The number of hydrogen-bond acceptors (Lipinski definition) is 8. The molecule has 1 aromatic heterocycles. The average molecular weight is 522 g/mol. The average Bonchev–Trinajstić information content (AvgIpc) is 2.88. The van der Waals surface area contributed by atoms with Crippen LogP contribution in [0.5, 0.6) is 5.75 Å². The fourth-order valence-electron chi connectivity index (χ4n) is 4.39. The molecule has 0 unspecified atom stereocenters. The monoisotopic (exact) mass is 521 g/mol. The van der Waals surface area contributed by atoms with E-state index < -0.39 is 6.36 Å². The van der Waals surface area contributed by atoms with Crippen LogP contribution >= 0.6 is 0 Å². The van der Waals surface area contributed by atoms with Gasteiger partial charge >= 0.3 is 24.2 Å². The van der Waals surface area contributed by atoms with E-state index in [2.05, 4.69) is 52.2 Å². The van der Waals surface area contributed by atoms with E-state index in [1.165, 1.54) is 18.2 Å². The number of rotatable bonds is 7. The lowest BCUT2D eigenvalue weighted by atomic mass is 9.87. The summed E-state index contributed by atoms with van der Waals surface area (Å²) in [6.07, 6.45) is -2.37. The summed E-state index contributed by atoms with van der Waals surface area (Å²) in [6.45, 7) is 3.56. The van der Waals surface area contributed by atoms with Crippen molar-refractivity contribution in [2.24, 2.45) is 10.9 Å². The fourth-order valence-corrected chi connectivity index (χ4v) is 4.39. The SMILES string of the molecule is CNc1nc(N=C2CCC(C(=O)NCc3ccccc3OC(F)(F)F)CC2)nc(N2CCN(C)CC2)[nH+]1.